The number of likely N-dealkylation sites (tertiary alicyclic amines) is 1. The van der Waals surface area contributed by atoms with Gasteiger partial charge in [0.1, 0.15) is 29.8 Å². The molecule has 1 atom stereocenters. The summed E-state index contributed by atoms with van der Waals surface area (Å²) in [7, 11) is 0. The SMILES string of the molecule is Cc1ccc(C(O)CN2CCC(N(c3ccncn3)C3CC3)CC2)o1. The Morgan fingerprint density at radius 2 is 1.96 bits per heavy atom. The van der Waals surface area contributed by atoms with Crippen LogP contribution in [0.4, 0.5) is 5.82 Å². The number of aliphatic hydroxyl groups is 1. The van der Waals surface area contributed by atoms with Gasteiger partial charge in [0, 0.05) is 37.9 Å². The normalized spacial score (nSPS) is 20.6. The van der Waals surface area contributed by atoms with Gasteiger partial charge in [-0.3, -0.25) is 0 Å². The predicted octanol–water partition coefficient (Wildman–Crippen LogP) is 2.54. The molecule has 0 aromatic carbocycles. The summed E-state index contributed by atoms with van der Waals surface area (Å²) < 4.78 is 5.54. The molecule has 0 amide bonds. The Bertz CT molecular complexity index is 678. The zero-order valence-electron chi connectivity index (χ0n) is 14.7. The maximum absolute atomic E-state index is 10.4. The second-order valence-corrected chi connectivity index (χ2v) is 7.20. The van der Waals surface area contributed by atoms with Crippen LogP contribution in [0.25, 0.3) is 0 Å². The van der Waals surface area contributed by atoms with Crippen LogP contribution in [0.3, 0.4) is 0 Å². The molecule has 134 valence electrons. The third-order valence-electron chi connectivity index (χ3n) is 5.24. The van der Waals surface area contributed by atoms with Crippen LogP contribution in [0.1, 0.15) is 43.3 Å². The highest BCUT2D eigenvalue weighted by atomic mass is 16.4. The summed E-state index contributed by atoms with van der Waals surface area (Å²) >= 11 is 0. The Labute approximate surface area is 148 Å². The number of β-amino-alcohol motifs (C(OH)–C–C–N with tert-alkyl or cyclic N) is 1. The monoisotopic (exact) mass is 342 g/mol. The van der Waals surface area contributed by atoms with Crippen molar-refractivity contribution in [3.05, 3.63) is 42.2 Å². The first-order chi connectivity index (χ1) is 12.2. The topological polar surface area (TPSA) is 65.6 Å². The van der Waals surface area contributed by atoms with E-state index in [-0.39, 0.29) is 0 Å². The highest BCUT2D eigenvalue weighted by molar-refractivity contribution is 5.41. The molecule has 0 radical (unpaired) electrons. The van der Waals surface area contributed by atoms with Crippen LogP contribution in [0.5, 0.6) is 0 Å². The number of furan rings is 1. The van der Waals surface area contributed by atoms with Crippen LogP contribution in [0, 0.1) is 6.92 Å². The molecule has 0 bridgehead atoms. The van der Waals surface area contributed by atoms with Gasteiger partial charge in [-0.25, -0.2) is 9.97 Å². The molecule has 25 heavy (non-hydrogen) atoms. The van der Waals surface area contributed by atoms with Crippen LogP contribution in [0.15, 0.2) is 35.1 Å². The largest absolute Gasteiger partial charge is 0.464 e. The first kappa shape index (κ1) is 16.5. The number of aromatic nitrogens is 2. The smallest absolute Gasteiger partial charge is 0.133 e. The van der Waals surface area contributed by atoms with E-state index in [1.807, 2.05) is 31.3 Å². The Balaban J connectivity index is 1.34. The third-order valence-corrected chi connectivity index (χ3v) is 5.24. The quantitative estimate of drug-likeness (QED) is 0.870. The van der Waals surface area contributed by atoms with Crippen molar-refractivity contribution in [2.45, 2.75) is 50.8 Å². The van der Waals surface area contributed by atoms with Gasteiger partial charge < -0.3 is 19.3 Å². The van der Waals surface area contributed by atoms with Crippen molar-refractivity contribution in [3.63, 3.8) is 0 Å². The number of nitrogens with zero attached hydrogens (tertiary/aromatic N) is 4. The number of aryl methyl sites for hydroxylation is 1. The van der Waals surface area contributed by atoms with E-state index in [1.54, 1.807) is 6.33 Å². The fourth-order valence-corrected chi connectivity index (χ4v) is 3.81. The van der Waals surface area contributed by atoms with Crippen molar-refractivity contribution in [1.82, 2.24) is 14.9 Å². The van der Waals surface area contributed by atoms with Crippen LogP contribution >= 0.6 is 0 Å². The van der Waals surface area contributed by atoms with E-state index < -0.39 is 6.10 Å². The summed E-state index contributed by atoms with van der Waals surface area (Å²) in [5.74, 6) is 2.57. The molecule has 2 aliphatic rings. The molecule has 1 aliphatic heterocycles. The zero-order valence-corrected chi connectivity index (χ0v) is 14.7. The van der Waals surface area contributed by atoms with Crippen molar-refractivity contribution in [2.24, 2.45) is 0 Å². The second kappa shape index (κ2) is 7.14. The van der Waals surface area contributed by atoms with E-state index in [1.165, 1.54) is 12.8 Å². The number of hydrogen-bond donors (Lipinski definition) is 1. The van der Waals surface area contributed by atoms with Gasteiger partial charge in [0.15, 0.2) is 0 Å². The molecule has 2 aromatic heterocycles. The van der Waals surface area contributed by atoms with Gasteiger partial charge >= 0.3 is 0 Å². The fourth-order valence-electron chi connectivity index (χ4n) is 3.81. The Morgan fingerprint density at radius 1 is 1.20 bits per heavy atom. The fraction of sp³-hybridized carbons (Fsp3) is 0.579. The number of aliphatic hydroxyl groups excluding tert-OH is 1. The number of anilines is 1. The summed E-state index contributed by atoms with van der Waals surface area (Å²) in [6, 6.07) is 6.97. The lowest BCUT2D eigenvalue weighted by Crippen LogP contribution is -2.47. The Kier molecular flexibility index (Phi) is 4.72. The molecular weight excluding hydrogens is 316 g/mol. The molecule has 1 N–H and O–H groups in total. The molecule has 6 heteroatoms. The molecule has 0 spiro atoms. The minimum Gasteiger partial charge on any atom is -0.464 e. The van der Waals surface area contributed by atoms with Crippen molar-refractivity contribution >= 4 is 5.82 Å². The summed E-state index contributed by atoms with van der Waals surface area (Å²) in [6.07, 6.45) is 7.65. The molecule has 1 saturated carbocycles. The maximum atomic E-state index is 10.4. The predicted molar refractivity (Wildman–Crippen MR) is 95.4 cm³/mol. The molecular formula is C19H26N4O2. The molecule has 3 heterocycles. The van der Waals surface area contributed by atoms with Crippen molar-refractivity contribution in [3.8, 4) is 0 Å². The van der Waals surface area contributed by atoms with Crippen LogP contribution in [0.2, 0.25) is 0 Å². The van der Waals surface area contributed by atoms with E-state index in [4.69, 9.17) is 4.42 Å². The summed E-state index contributed by atoms with van der Waals surface area (Å²) in [5.41, 5.74) is 0. The Hall–Kier alpha value is -1.92. The summed E-state index contributed by atoms with van der Waals surface area (Å²) in [4.78, 5) is 13.4. The maximum Gasteiger partial charge on any atom is 0.133 e. The van der Waals surface area contributed by atoms with Crippen molar-refractivity contribution < 1.29 is 9.52 Å². The average Bonchev–Trinajstić information content (AvgIpc) is 3.37. The van der Waals surface area contributed by atoms with E-state index in [2.05, 4.69) is 19.8 Å². The van der Waals surface area contributed by atoms with Gasteiger partial charge in [-0.05, 0) is 50.8 Å². The lowest BCUT2D eigenvalue weighted by molar-refractivity contribution is 0.0806. The minimum atomic E-state index is -0.549. The van der Waals surface area contributed by atoms with Crippen molar-refractivity contribution in [1.29, 1.82) is 0 Å². The number of hydrogen-bond acceptors (Lipinski definition) is 6. The van der Waals surface area contributed by atoms with Crippen LogP contribution < -0.4 is 4.90 Å². The van der Waals surface area contributed by atoms with Gasteiger partial charge in [-0.1, -0.05) is 0 Å². The minimum absolute atomic E-state index is 0.529. The third kappa shape index (κ3) is 3.85. The molecule has 6 nitrogen and oxygen atoms in total. The Morgan fingerprint density at radius 3 is 2.56 bits per heavy atom. The van der Waals surface area contributed by atoms with Gasteiger partial charge in [-0.15, -0.1) is 0 Å². The molecule has 1 saturated heterocycles. The summed E-state index contributed by atoms with van der Waals surface area (Å²) in [6.45, 7) is 4.53. The van der Waals surface area contributed by atoms with Gasteiger partial charge in [0.05, 0.1) is 0 Å². The number of rotatable bonds is 6. The first-order valence-electron chi connectivity index (χ1n) is 9.22. The van der Waals surface area contributed by atoms with E-state index in [0.717, 1.165) is 37.5 Å². The van der Waals surface area contributed by atoms with Crippen LogP contribution in [-0.2, 0) is 0 Å². The lowest BCUT2D eigenvalue weighted by atomic mass is 10.0. The van der Waals surface area contributed by atoms with Crippen LogP contribution in [-0.4, -0.2) is 51.7 Å². The van der Waals surface area contributed by atoms with Gasteiger partial charge in [-0.2, -0.15) is 0 Å². The van der Waals surface area contributed by atoms with Gasteiger partial charge in [0.2, 0.25) is 0 Å². The molecule has 2 fully saturated rings. The molecule has 1 aliphatic carbocycles. The first-order valence-corrected chi connectivity index (χ1v) is 9.22. The molecule has 4 rings (SSSR count). The summed E-state index contributed by atoms with van der Waals surface area (Å²) in [5, 5.41) is 10.4. The van der Waals surface area contributed by atoms with Crippen molar-refractivity contribution in [2.75, 3.05) is 24.5 Å². The standard InChI is InChI=1S/C19H26N4O2/c1-14-2-5-18(25-14)17(24)12-22-10-7-16(8-11-22)23(15-3-4-15)19-6-9-20-13-21-19/h2,5-6,9,13,15-17,24H,3-4,7-8,10-12H2,1H3. The molecule has 2 aromatic rings. The second-order valence-electron chi connectivity index (χ2n) is 7.20. The van der Waals surface area contributed by atoms with Gasteiger partial charge in [0.25, 0.3) is 0 Å². The van der Waals surface area contributed by atoms with E-state index in [9.17, 15) is 5.11 Å². The number of piperidine rings is 1. The van der Waals surface area contributed by atoms with E-state index in [0.29, 0.717) is 24.4 Å². The zero-order chi connectivity index (χ0) is 17.2. The highest BCUT2D eigenvalue weighted by Gasteiger charge is 2.36. The molecule has 1 unspecified atom stereocenters. The average molecular weight is 342 g/mol. The lowest BCUT2D eigenvalue weighted by Gasteiger charge is -2.39. The van der Waals surface area contributed by atoms with E-state index >= 15 is 0 Å². The highest BCUT2D eigenvalue weighted by Crippen LogP contribution is 2.35.